The van der Waals surface area contributed by atoms with Gasteiger partial charge in [-0.2, -0.15) is 5.10 Å². The van der Waals surface area contributed by atoms with Gasteiger partial charge in [0.15, 0.2) is 5.82 Å². The molecule has 0 saturated heterocycles. The molecule has 0 saturated carbocycles. The molecule has 0 atom stereocenters. The van der Waals surface area contributed by atoms with Crippen LogP contribution in [0.4, 0.5) is 16.3 Å². The molecule has 6 nitrogen and oxygen atoms in total. The third kappa shape index (κ3) is 3.21. The molecule has 0 aliphatic carbocycles. The maximum Gasteiger partial charge on any atom is 0.324 e. The van der Waals surface area contributed by atoms with Crippen molar-refractivity contribution >= 4 is 29.1 Å². The summed E-state index contributed by atoms with van der Waals surface area (Å²) in [6.07, 6.45) is 0. The van der Waals surface area contributed by atoms with E-state index in [9.17, 15) is 4.79 Å². The molecule has 0 bridgehead atoms. The highest BCUT2D eigenvalue weighted by Crippen LogP contribution is 2.27. The molecule has 7 heteroatoms. The van der Waals surface area contributed by atoms with Crippen molar-refractivity contribution in [3.63, 3.8) is 0 Å². The molecule has 2 amide bonds. The summed E-state index contributed by atoms with van der Waals surface area (Å²) in [5.41, 5.74) is 1.52. The number of urea groups is 1. The van der Waals surface area contributed by atoms with Crippen LogP contribution in [0.5, 0.6) is 5.75 Å². The Labute approximate surface area is 121 Å². The summed E-state index contributed by atoms with van der Waals surface area (Å²) in [6.45, 7) is 1.90. The lowest BCUT2D eigenvalue weighted by Gasteiger charge is -2.08. The number of hydrogen-bond donors (Lipinski definition) is 2. The van der Waals surface area contributed by atoms with Gasteiger partial charge < -0.3 is 10.1 Å². The largest absolute Gasteiger partial charge is 0.495 e. The normalized spacial score (nSPS) is 10.2. The van der Waals surface area contributed by atoms with Crippen molar-refractivity contribution in [2.24, 2.45) is 7.05 Å². The quantitative estimate of drug-likeness (QED) is 0.914. The van der Waals surface area contributed by atoms with E-state index in [-0.39, 0.29) is 6.03 Å². The number of methoxy groups -OCH3 is 1. The lowest BCUT2D eigenvalue weighted by Crippen LogP contribution is -2.19. The van der Waals surface area contributed by atoms with Crippen LogP contribution in [0.25, 0.3) is 0 Å². The standard InChI is InChI=1S/C13H15ClN4O2/c1-8-6-12(17-18(8)2)16-13(19)15-9-4-5-11(20-3)10(14)7-9/h4-7H,1-3H3,(H2,15,16,17,19). The van der Waals surface area contributed by atoms with Crippen molar-refractivity contribution < 1.29 is 9.53 Å². The number of nitrogens with one attached hydrogen (secondary N) is 2. The fourth-order valence-corrected chi connectivity index (χ4v) is 1.90. The topological polar surface area (TPSA) is 68.2 Å². The van der Waals surface area contributed by atoms with Crippen molar-refractivity contribution in [1.82, 2.24) is 9.78 Å². The van der Waals surface area contributed by atoms with Gasteiger partial charge in [0.2, 0.25) is 0 Å². The van der Waals surface area contributed by atoms with Gasteiger partial charge in [0.25, 0.3) is 0 Å². The molecular formula is C13H15ClN4O2. The van der Waals surface area contributed by atoms with E-state index in [0.717, 1.165) is 5.69 Å². The number of aromatic nitrogens is 2. The molecule has 1 heterocycles. The van der Waals surface area contributed by atoms with Crippen LogP contribution < -0.4 is 15.4 Å². The summed E-state index contributed by atoms with van der Waals surface area (Å²) in [4.78, 5) is 11.8. The van der Waals surface area contributed by atoms with Crippen LogP contribution in [-0.4, -0.2) is 22.9 Å². The molecule has 1 aromatic heterocycles. The Balaban J connectivity index is 2.02. The third-order valence-electron chi connectivity index (χ3n) is 2.77. The van der Waals surface area contributed by atoms with Crippen LogP contribution in [0.15, 0.2) is 24.3 Å². The molecule has 0 spiro atoms. The molecule has 0 radical (unpaired) electrons. The van der Waals surface area contributed by atoms with Gasteiger partial charge in [-0.1, -0.05) is 11.6 Å². The van der Waals surface area contributed by atoms with E-state index < -0.39 is 0 Å². The van der Waals surface area contributed by atoms with Crippen LogP contribution in [0.2, 0.25) is 5.02 Å². The Morgan fingerprint density at radius 1 is 1.35 bits per heavy atom. The minimum absolute atomic E-state index is 0.385. The summed E-state index contributed by atoms with van der Waals surface area (Å²) in [5.74, 6) is 1.04. The fraction of sp³-hybridized carbons (Fsp3) is 0.231. The van der Waals surface area contributed by atoms with Crippen molar-refractivity contribution in [3.05, 3.63) is 35.0 Å². The van der Waals surface area contributed by atoms with Crippen molar-refractivity contribution in [3.8, 4) is 5.75 Å². The summed E-state index contributed by atoms with van der Waals surface area (Å²) in [6, 6.07) is 6.39. The first-order chi connectivity index (χ1) is 9.49. The van der Waals surface area contributed by atoms with Crippen LogP contribution in [0, 0.1) is 6.92 Å². The molecule has 20 heavy (non-hydrogen) atoms. The summed E-state index contributed by atoms with van der Waals surface area (Å²) in [5, 5.41) is 9.88. The molecule has 2 rings (SSSR count). The summed E-state index contributed by atoms with van der Waals surface area (Å²) in [7, 11) is 3.34. The van der Waals surface area contributed by atoms with E-state index in [1.807, 2.05) is 14.0 Å². The fourth-order valence-electron chi connectivity index (χ4n) is 1.64. The Morgan fingerprint density at radius 2 is 2.10 bits per heavy atom. The number of rotatable bonds is 3. The van der Waals surface area contributed by atoms with Gasteiger partial charge in [0.1, 0.15) is 5.75 Å². The van der Waals surface area contributed by atoms with Crippen LogP contribution in [0.3, 0.4) is 0 Å². The first-order valence-corrected chi connectivity index (χ1v) is 6.29. The maximum atomic E-state index is 11.8. The summed E-state index contributed by atoms with van der Waals surface area (Å²) < 4.78 is 6.72. The highest BCUT2D eigenvalue weighted by Gasteiger charge is 2.08. The Morgan fingerprint density at radius 3 is 2.65 bits per heavy atom. The van der Waals surface area contributed by atoms with Crippen LogP contribution in [-0.2, 0) is 7.05 Å². The van der Waals surface area contributed by atoms with Gasteiger partial charge >= 0.3 is 6.03 Å². The van der Waals surface area contributed by atoms with Gasteiger partial charge in [-0.25, -0.2) is 4.79 Å². The number of hydrogen-bond acceptors (Lipinski definition) is 3. The molecule has 1 aromatic carbocycles. The number of carbonyl (C=O) groups excluding carboxylic acids is 1. The first kappa shape index (κ1) is 14.2. The minimum Gasteiger partial charge on any atom is -0.495 e. The second-order valence-electron chi connectivity index (χ2n) is 4.22. The van der Waals surface area contributed by atoms with Crippen LogP contribution >= 0.6 is 11.6 Å². The van der Waals surface area contributed by atoms with Gasteiger partial charge in [-0.3, -0.25) is 10.00 Å². The number of benzene rings is 1. The Bertz CT molecular complexity index is 620. The number of ether oxygens (including phenoxy) is 1. The van der Waals surface area contributed by atoms with Crippen LogP contribution in [0.1, 0.15) is 5.69 Å². The van der Waals surface area contributed by atoms with E-state index in [1.165, 1.54) is 7.11 Å². The average Bonchev–Trinajstić information content (AvgIpc) is 2.68. The predicted molar refractivity (Wildman–Crippen MR) is 78.6 cm³/mol. The van der Waals surface area contributed by atoms with E-state index in [1.54, 1.807) is 28.9 Å². The minimum atomic E-state index is -0.385. The number of amides is 2. The highest BCUT2D eigenvalue weighted by atomic mass is 35.5. The van der Waals surface area contributed by atoms with Crippen molar-refractivity contribution in [1.29, 1.82) is 0 Å². The van der Waals surface area contributed by atoms with Crippen molar-refractivity contribution in [2.75, 3.05) is 17.7 Å². The Kier molecular flexibility index (Phi) is 4.14. The van der Waals surface area contributed by atoms with Gasteiger partial charge in [0.05, 0.1) is 12.1 Å². The second-order valence-corrected chi connectivity index (χ2v) is 4.63. The number of carbonyl (C=O) groups is 1. The van der Waals surface area contributed by atoms with Gasteiger partial charge in [-0.15, -0.1) is 0 Å². The first-order valence-electron chi connectivity index (χ1n) is 5.92. The maximum absolute atomic E-state index is 11.8. The number of anilines is 2. The molecule has 2 aromatic rings. The zero-order valence-electron chi connectivity index (χ0n) is 11.4. The zero-order valence-corrected chi connectivity index (χ0v) is 12.2. The molecular weight excluding hydrogens is 280 g/mol. The second kappa shape index (κ2) is 5.83. The summed E-state index contributed by atoms with van der Waals surface area (Å²) >= 11 is 5.98. The molecule has 0 aliphatic heterocycles. The van der Waals surface area contributed by atoms with E-state index >= 15 is 0 Å². The van der Waals surface area contributed by atoms with E-state index in [0.29, 0.717) is 22.3 Å². The average molecular weight is 295 g/mol. The number of nitrogens with zero attached hydrogens (tertiary/aromatic N) is 2. The monoisotopic (exact) mass is 294 g/mol. The lowest BCUT2D eigenvalue weighted by atomic mass is 10.3. The SMILES string of the molecule is COc1ccc(NC(=O)Nc2cc(C)n(C)n2)cc1Cl. The third-order valence-corrected chi connectivity index (χ3v) is 3.06. The lowest BCUT2D eigenvalue weighted by molar-refractivity contribution is 0.262. The van der Waals surface area contributed by atoms with Gasteiger partial charge in [0, 0.05) is 24.5 Å². The highest BCUT2D eigenvalue weighted by molar-refractivity contribution is 6.32. The molecule has 2 N–H and O–H groups in total. The number of halogens is 1. The molecule has 106 valence electrons. The van der Waals surface area contributed by atoms with E-state index in [2.05, 4.69) is 15.7 Å². The smallest absolute Gasteiger partial charge is 0.324 e. The zero-order chi connectivity index (χ0) is 14.7. The number of aryl methyl sites for hydroxylation is 2. The molecule has 0 unspecified atom stereocenters. The van der Waals surface area contributed by atoms with Gasteiger partial charge in [-0.05, 0) is 25.1 Å². The molecule has 0 aliphatic rings. The van der Waals surface area contributed by atoms with Crippen molar-refractivity contribution in [2.45, 2.75) is 6.92 Å². The predicted octanol–water partition coefficient (Wildman–Crippen LogP) is 3.03. The Hall–Kier alpha value is -2.21. The van der Waals surface area contributed by atoms with E-state index in [4.69, 9.17) is 16.3 Å². The molecule has 0 fully saturated rings.